The van der Waals surface area contributed by atoms with Gasteiger partial charge in [0.15, 0.2) is 27.6 Å². The Hall–Kier alpha value is -3.16. The van der Waals surface area contributed by atoms with Crippen LogP contribution in [-0.2, 0) is 21.2 Å². The second-order valence-corrected chi connectivity index (χ2v) is 13.2. The maximum absolute atomic E-state index is 13.8. The molecule has 3 aromatic heterocycles. The summed E-state index contributed by atoms with van der Waals surface area (Å²) in [6.07, 6.45) is 7.26. The summed E-state index contributed by atoms with van der Waals surface area (Å²) < 4.78 is 23.4. The molecule has 38 heavy (non-hydrogen) atoms. The standard InChI is InChI=1S/C25H28N8O3S2/c1-13-20(21(15-4-5-15)30-12-29-13)22-28-10-18-24(32-22)33(14(2)19-11-37-19)25(34)23(31-18)27-8-16-6-7-17(9-26-16)38(3,35)36/h6-7,9-10,12,14-15,19,23,27,31H,4-5,8,11H2,1-3H3/t14-,19?,23?/m0/s1. The van der Waals surface area contributed by atoms with Crippen molar-refractivity contribution in [3.63, 3.8) is 0 Å². The third-order valence-corrected chi connectivity index (χ3v) is 9.26. The van der Waals surface area contributed by atoms with Gasteiger partial charge in [-0.05, 0) is 38.8 Å². The number of rotatable bonds is 8. The van der Waals surface area contributed by atoms with Crippen LogP contribution in [0.1, 0.15) is 42.8 Å². The Labute approximate surface area is 225 Å². The van der Waals surface area contributed by atoms with Crippen molar-refractivity contribution in [1.29, 1.82) is 0 Å². The molecule has 5 heterocycles. The van der Waals surface area contributed by atoms with Gasteiger partial charge < -0.3 is 5.32 Å². The Bertz CT molecular complexity index is 1510. The van der Waals surface area contributed by atoms with E-state index in [0.717, 1.165) is 41.8 Å². The van der Waals surface area contributed by atoms with Crippen molar-refractivity contribution in [1.82, 2.24) is 30.2 Å². The first-order valence-corrected chi connectivity index (χ1v) is 15.4. The number of amides is 1. The van der Waals surface area contributed by atoms with Crippen LogP contribution in [0.2, 0.25) is 0 Å². The number of fused-ring (bicyclic) bond motifs is 1. The number of carbonyl (C=O) groups excluding carboxylic acids is 1. The van der Waals surface area contributed by atoms with Crippen LogP contribution >= 0.6 is 11.8 Å². The van der Waals surface area contributed by atoms with E-state index >= 15 is 0 Å². The molecule has 13 heteroatoms. The van der Waals surface area contributed by atoms with E-state index in [1.807, 2.05) is 18.7 Å². The number of nitrogens with zero attached hydrogens (tertiary/aromatic N) is 6. The van der Waals surface area contributed by atoms with Crippen LogP contribution in [0.3, 0.4) is 0 Å². The van der Waals surface area contributed by atoms with Gasteiger partial charge in [-0.2, -0.15) is 11.8 Å². The molecule has 0 aromatic carbocycles. The van der Waals surface area contributed by atoms with Crippen LogP contribution in [0.5, 0.6) is 0 Å². The summed E-state index contributed by atoms with van der Waals surface area (Å²) in [6, 6.07) is 3.11. The number of thioether (sulfide) groups is 1. The number of hydrogen-bond donors (Lipinski definition) is 2. The summed E-state index contributed by atoms with van der Waals surface area (Å²) in [4.78, 5) is 38.4. The molecular formula is C25H28N8O3S2. The topological polar surface area (TPSA) is 143 Å². The Morgan fingerprint density at radius 3 is 2.63 bits per heavy atom. The minimum Gasteiger partial charge on any atom is -0.358 e. The highest BCUT2D eigenvalue weighted by atomic mass is 32.2. The highest BCUT2D eigenvalue weighted by molar-refractivity contribution is 8.07. The Kier molecular flexibility index (Phi) is 6.31. The van der Waals surface area contributed by atoms with Crippen LogP contribution in [0.25, 0.3) is 11.4 Å². The van der Waals surface area contributed by atoms with Crippen molar-refractivity contribution in [2.75, 3.05) is 22.2 Å². The lowest BCUT2D eigenvalue weighted by atomic mass is 10.1. The van der Waals surface area contributed by atoms with Gasteiger partial charge in [-0.25, -0.2) is 28.4 Å². The third-order valence-electron chi connectivity index (χ3n) is 7.05. The lowest BCUT2D eigenvalue weighted by molar-refractivity contribution is -0.120. The van der Waals surface area contributed by atoms with E-state index in [2.05, 4.69) is 37.5 Å². The normalized spacial score (nSPS) is 21.6. The van der Waals surface area contributed by atoms with Gasteiger partial charge in [-0.3, -0.25) is 20.0 Å². The lowest BCUT2D eigenvalue weighted by Gasteiger charge is -2.38. The van der Waals surface area contributed by atoms with Crippen molar-refractivity contribution in [2.45, 2.75) is 61.5 Å². The SMILES string of the molecule is Cc1ncnc(C2CC2)c1-c1ncc2c(n1)N([C@@H](C)C1CS1)C(=O)C(NCc1ccc(S(C)(=O)=O)cn1)N2. The fourth-order valence-corrected chi connectivity index (χ4v) is 6.00. The summed E-state index contributed by atoms with van der Waals surface area (Å²) in [5.74, 6) is 2.34. The largest absolute Gasteiger partial charge is 0.358 e. The van der Waals surface area contributed by atoms with Crippen molar-refractivity contribution < 1.29 is 13.2 Å². The highest BCUT2D eigenvalue weighted by Crippen LogP contribution is 2.44. The molecule has 1 aliphatic carbocycles. The molecule has 2 fully saturated rings. The van der Waals surface area contributed by atoms with Gasteiger partial charge in [0.2, 0.25) is 0 Å². The van der Waals surface area contributed by atoms with Gasteiger partial charge in [0.25, 0.3) is 5.91 Å². The highest BCUT2D eigenvalue weighted by Gasteiger charge is 2.43. The van der Waals surface area contributed by atoms with Crippen molar-refractivity contribution in [3.8, 4) is 11.4 Å². The predicted octanol–water partition coefficient (Wildman–Crippen LogP) is 2.30. The number of aryl methyl sites for hydroxylation is 1. The summed E-state index contributed by atoms with van der Waals surface area (Å²) >= 11 is 1.82. The monoisotopic (exact) mass is 552 g/mol. The number of nitrogens with one attached hydrogen (secondary N) is 2. The lowest BCUT2D eigenvalue weighted by Crippen LogP contribution is -2.57. The minimum absolute atomic E-state index is 0.0522. The van der Waals surface area contributed by atoms with Gasteiger partial charge >= 0.3 is 0 Å². The van der Waals surface area contributed by atoms with Gasteiger partial charge in [-0.1, -0.05) is 0 Å². The van der Waals surface area contributed by atoms with E-state index in [-0.39, 0.29) is 23.4 Å². The van der Waals surface area contributed by atoms with Crippen LogP contribution in [0.15, 0.2) is 35.7 Å². The Balaban J connectivity index is 1.30. The van der Waals surface area contributed by atoms with Crippen molar-refractivity contribution in [3.05, 3.63) is 47.9 Å². The smallest absolute Gasteiger partial charge is 0.266 e. The Morgan fingerprint density at radius 2 is 1.97 bits per heavy atom. The van der Waals surface area contributed by atoms with E-state index in [1.165, 1.54) is 12.3 Å². The van der Waals surface area contributed by atoms with E-state index in [4.69, 9.17) is 4.98 Å². The van der Waals surface area contributed by atoms with E-state index in [0.29, 0.717) is 34.2 Å². The molecule has 3 aromatic rings. The average Bonchev–Trinajstić information content (AvgIpc) is 3.80. The molecule has 2 N–H and O–H groups in total. The maximum atomic E-state index is 13.8. The van der Waals surface area contributed by atoms with Crippen LogP contribution < -0.4 is 15.5 Å². The number of carbonyl (C=O) groups is 1. The molecule has 1 saturated carbocycles. The molecule has 3 aliphatic rings. The summed E-state index contributed by atoms with van der Waals surface area (Å²) in [7, 11) is -3.33. The first-order chi connectivity index (χ1) is 18.2. The molecule has 1 saturated heterocycles. The molecular weight excluding hydrogens is 524 g/mol. The molecule has 0 radical (unpaired) electrons. The maximum Gasteiger partial charge on any atom is 0.266 e. The van der Waals surface area contributed by atoms with Gasteiger partial charge in [0.1, 0.15) is 6.33 Å². The van der Waals surface area contributed by atoms with E-state index in [1.54, 1.807) is 23.5 Å². The van der Waals surface area contributed by atoms with Crippen LogP contribution in [0, 0.1) is 6.92 Å². The Morgan fingerprint density at radius 1 is 1.18 bits per heavy atom. The molecule has 0 bridgehead atoms. The fourth-order valence-electron chi connectivity index (χ4n) is 4.65. The van der Waals surface area contributed by atoms with Crippen LogP contribution in [-0.4, -0.2) is 68.7 Å². The van der Waals surface area contributed by atoms with Gasteiger partial charge in [-0.15, -0.1) is 0 Å². The van der Waals surface area contributed by atoms with Crippen molar-refractivity contribution >= 4 is 39.0 Å². The minimum atomic E-state index is -3.33. The third kappa shape index (κ3) is 4.85. The molecule has 11 nitrogen and oxygen atoms in total. The summed E-state index contributed by atoms with van der Waals surface area (Å²) in [5, 5.41) is 6.82. The predicted molar refractivity (Wildman–Crippen MR) is 145 cm³/mol. The van der Waals surface area contributed by atoms with E-state index in [9.17, 15) is 13.2 Å². The molecule has 2 unspecified atom stereocenters. The zero-order chi connectivity index (χ0) is 26.6. The summed E-state index contributed by atoms with van der Waals surface area (Å²) in [6.45, 7) is 4.26. The van der Waals surface area contributed by atoms with Crippen molar-refractivity contribution in [2.24, 2.45) is 0 Å². The number of hydrogen-bond acceptors (Lipinski definition) is 11. The quantitative estimate of drug-likeness (QED) is 0.397. The van der Waals surface area contributed by atoms with Gasteiger partial charge in [0, 0.05) is 42.0 Å². The van der Waals surface area contributed by atoms with E-state index < -0.39 is 16.0 Å². The molecule has 2 aliphatic heterocycles. The summed E-state index contributed by atoms with van der Waals surface area (Å²) in [5.41, 5.74) is 3.92. The molecule has 6 rings (SSSR count). The first-order valence-electron chi connectivity index (χ1n) is 12.5. The second kappa shape index (κ2) is 9.54. The zero-order valence-corrected chi connectivity index (χ0v) is 22.9. The molecule has 0 spiro atoms. The van der Waals surface area contributed by atoms with Crippen LogP contribution in [0.4, 0.5) is 11.5 Å². The van der Waals surface area contributed by atoms with Gasteiger partial charge in [0.05, 0.1) is 39.4 Å². The zero-order valence-electron chi connectivity index (χ0n) is 21.2. The number of anilines is 2. The number of sulfone groups is 1. The fraction of sp³-hybridized carbons (Fsp3) is 0.440. The molecule has 1 amide bonds. The number of pyridine rings is 1. The second-order valence-electron chi connectivity index (χ2n) is 9.96. The number of aromatic nitrogens is 5. The molecule has 198 valence electrons. The first kappa shape index (κ1) is 25.1. The molecule has 3 atom stereocenters. The average molecular weight is 553 g/mol.